The quantitative estimate of drug-likeness (QED) is 0.631. The van der Waals surface area contributed by atoms with E-state index < -0.39 is 0 Å². The fourth-order valence-electron chi connectivity index (χ4n) is 1.44. The summed E-state index contributed by atoms with van der Waals surface area (Å²) in [5.41, 5.74) is 1.19. The number of halogens is 3. The van der Waals surface area contributed by atoms with Crippen molar-refractivity contribution in [2.75, 3.05) is 0 Å². The predicted molar refractivity (Wildman–Crippen MR) is 72.4 cm³/mol. The van der Waals surface area contributed by atoms with Gasteiger partial charge in [-0.1, -0.05) is 52.1 Å². The van der Waals surface area contributed by atoms with Crippen LogP contribution in [-0.2, 0) is 6.42 Å². The summed E-state index contributed by atoms with van der Waals surface area (Å²) in [7, 11) is 0. The molecule has 1 rings (SSSR count). The standard InChI is InChI=1S/C12H15BrCl2/c1-2-10(13)5-3-4-9-6-7-11(14)8-12(9)15/h6-8,10H,2-5H2,1H3. The van der Waals surface area contributed by atoms with E-state index in [2.05, 4.69) is 22.9 Å². The van der Waals surface area contributed by atoms with Crippen molar-refractivity contribution in [1.82, 2.24) is 0 Å². The monoisotopic (exact) mass is 308 g/mol. The number of hydrogen-bond acceptors (Lipinski definition) is 0. The van der Waals surface area contributed by atoms with Crippen molar-refractivity contribution in [2.45, 2.75) is 37.4 Å². The molecule has 0 radical (unpaired) electrons. The molecule has 0 saturated heterocycles. The second-order valence-electron chi connectivity index (χ2n) is 3.63. The lowest BCUT2D eigenvalue weighted by atomic mass is 10.1. The highest BCUT2D eigenvalue weighted by Gasteiger charge is 2.04. The van der Waals surface area contributed by atoms with Gasteiger partial charge >= 0.3 is 0 Å². The summed E-state index contributed by atoms with van der Waals surface area (Å²) in [6.07, 6.45) is 4.55. The first kappa shape index (κ1) is 13.3. The highest BCUT2D eigenvalue weighted by atomic mass is 79.9. The van der Waals surface area contributed by atoms with Crippen molar-refractivity contribution in [3.8, 4) is 0 Å². The third kappa shape index (κ3) is 4.76. The van der Waals surface area contributed by atoms with E-state index in [1.165, 1.54) is 18.4 Å². The molecule has 0 aromatic heterocycles. The van der Waals surface area contributed by atoms with Gasteiger partial charge in [0.1, 0.15) is 0 Å². The van der Waals surface area contributed by atoms with Crippen LogP contribution in [0.4, 0.5) is 0 Å². The van der Waals surface area contributed by atoms with Gasteiger partial charge in [0.15, 0.2) is 0 Å². The average molecular weight is 310 g/mol. The van der Waals surface area contributed by atoms with Crippen LogP contribution in [0.1, 0.15) is 31.7 Å². The molecular weight excluding hydrogens is 295 g/mol. The maximum Gasteiger partial charge on any atom is 0.0452 e. The summed E-state index contributed by atoms with van der Waals surface area (Å²) < 4.78 is 0. The highest BCUT2D eigenvalue weighted by Crippen LogP contribution is 2.23. The summed E-state index contributed by atoms with van der Waals surface area (Å²) in [5.74, 6) is 0. The lowest BCUT2D eigenvalue weighted by Crippen LogP contribution is -1.96. The van der Waals surface area contributed by atoms with Crippen molar-refractivity contribution in [2.24, 2.45) is 0 Å². The van der Waals surface area contributed by atoms with Crippen molar-refractivity contribution < 1.29 is 0 Å². The molecule has 0 heterocycles. The Hall–Kier alpha value is 0.280. The van der Waals surface area contributed by atoms with Crippen LogP contribution in [0.5, 0.6) is 0 Å². The van der Waals surface area contributed by atoms with E-state index in [0.29, 0.717) is 9.85 Å². The van der Waals surface area contributed by atoms with E-state index in [1.54, 1.807) is 0 Å². The molecule has 0 fully saturated rings. The summed E-state index contributed by atoms with van der Waals surface area (Å²) in [6, 6.07) is 5.72. The maximum absolute atomic E-state index is 6.08. The minimum atomic E-state index is 0.628. The van der Waals surface area contributed by atoms with E-state index >= 15 is 0 Å². The Kier molecular flexibility index (Phi) is 6.03. The second kappa shape index (κ2) is 6.78. The summed E-state index contributed by atoms with van der Waals surface area (Å²) in [5, 5.41) is 1.49. The van der Waals surface area contributed by atoms with Gasteiger partial charge in [-0.05, 0) is 43.4 Å². The number of aryl methyl sites for hydroxylation is 1. The van der Waals surface area contributed by atoms with Crippen molar-refractivity contribution >= 4 is 39.1 Å². The van der Waals surface area contributed by atoms with Crippen molar-refractivity contribution in [1.29, 1.82) is 0 Å². The first-order valence-corrected chi connectivity index (χ1v) is 6.88. The SMILES string of the molecule is CCC(Br)CCCc1ccc(Cl)cc1Cl. The van der Waals surface area contributed by atoms with Gasteiger partial charge in [0.05, 0.1) is 0 Å². The lowest BCUT2D eigenvalue weighted by molar-refractivity contribution is 0.690. The Balaban J connectivity index is 2.44. The first-order valence-electron chi connectivity index (χ1n) is 5.21. The van der Waals surface area contributed by atoms with Crippen LogP contribution in [0, 0.1) is 0 Å². The van der Waals surface area contributed by atoms with Crippen LogP contribution in [0.2, 0.25) is 10.0 Å². The van der Waals surface area contributed by atoms with E-state index in [0.717, 1.165) is 17.9 Å². The minimum Gasteiger partial charge on any atom is -0.0891 e. The molecule has 1 unspecified atom stereocenters. The van der Waals surface area contributed by atoms with Crippen LogP contribution < -0.4 is 0 Å². The molecule has 0 saturated carbocycles. The highest BCUT2D eigenvalue weighted by molar-refractivity contribution is 9.09. The van der Waals surface area contributed by atoms with Gasteiger partial charge in [-0.25, -0.2) is 0 Å². The molecule has 0 aliphatic carbocycles. The third-order valence-corrected chi connectivity index (χ3v) is 4.11. The predicted octanol–water partition coefficient (Wildman–Crippen LogP) is 5.49. The smallest absolute Gasteiger partial charge is 0.0452 e. The molecule has 0 aliphatic heterocycles. The Labute approximate surface area is 110 Å². The Morgan fingerprint density at radius 2 is 2.07 bits per heavy atom. The van der Waals surface area contributed by atoms with Gasteiger partial charge in [0.25, 0.3) is 0 Å². The van der Waals surface area contributed by atoms with E-state index in [4.69, 9.17) is 23.2 Å². The fourth-order valence-corrected chi connectivity index (χ4v) is 2.27. The minimum absolute atomic E-state index is 0.628. The van der Waals surface area contributed by atoms with E-state index in [-0.39, 0.29) is 0 Å². The average Bonchev–Trinajstić information content (AvgIpc) is 2.21. The number of hydrogen-bond donors (Lipinski definition) is 0. The maximum atomic E-state index is 6.08. The zero-order chi connectivity index (χ0) is 11.3. The van der Waals surface area contributed by atoms with E-state index in [1.807, 2.05) is 18.2 Å². The molecule has 1 atom stereocenters. The molecule has 3 heteroatoms. The van der Waals surface area contributed by atoms with Gasteiger partial charge in [-0.2, -0.15) is 0 Å². The zero-order valence-electron chi connectivity index (χ0n) is 8.77. The molecule has 1 aromatic rings. The van der Waals surface area contributed by atoms with Gasteiger partial charge in [-0.15, -0.1) is 0 Å². The van der Waals surface area contributed by atoms with Crippen molar-refractivity contribution in [3.05, 3.63) is 33.8 Å². The summed E-state index contributed by atoms with van der Waals surface area (Å²) in [4.78, 5) is 0.628. The van der Waals surface area contributed by atoms with Crippen LogP contribution in [0.15, 0.2) is 18.2 Å². The van der Waals surface area contributed by atoms with Crippen LogP contribution >= 0.6 is 39.1 Å². The largest absolute Gasteiger partial charge is 0.0891 e. The van der Waals surface area contributed by atoms with Gasteiger partial charge < -0.3 is 0 Å². The Morgan fingerprint density at radius 3 is 2.67 bits per heavy atom. The lowest BCUT2D eigenvalue weighted by Gasteiger charge is -2.07. The molecular formula is C12H15BrCl2. The number of rotatable bonds is 5. The molecule has 84 valence electrons. The summed E-state index contributed by atoms with van der Waals surface area (Å²) >= 11 is 15.5. The molecule has 0 aliphatic rings. The molecule has 0 amide bonds. The molecule has 0 spiro atoms. The second-order valence-corrected chi connectivity index (χ2v) is 5.77. The van der Waals surface area contributed by atoms with Crippen LogP contribution in [-0.4, -0.2) is 4.83 Å². The van der Waals surface area contributed by atoms with Crippen molar-refractivity contribution in [3.63, 3.8) is 0 Å². The van der Waals surface area contributed by atoms with Gasteiger partial charge in [-0.3, -0.25) is 0 Å². The van der Waals surface area contributed by atoms with Gasteiger partial charge in [0, 0.05) is 14.9 Å². The zero-order valence-corrected chi connectivity index (χ0v) is 11.9. The Morgan fingerprint density at radius 1 is 1.33 bits per heavy atom. The fraction of sp³-hybridized carbons (Fsp3) is 0.500. The topological polar surface area (TPSA) is 0 Å². The number of alkyl halides is 1. The molecule has 15 heavy (non-hydrogen) atoms. The molecule has 0 bridgehead atoms. The third-order valence-electron chi connectivity index (χ3n) is 2.42. The molecule has 1 aromatic carbocycles. The van der Waals surface area contributed by atoms with Crippen LogP contribution in [0.25, 0.3) is 0 Å². The Bertz CT molecular complexity index is 312. The number of benzene rings is 1. The normalized spacial score (nSPS) is 12.8. The molecule has 0 nitrogen and oxygen atoms in total. The first-order chi connectivity index (χ1) is 7.13. The summed E-state index contributed by atoms with van der Waals surface area (Å²) in [6.45, 7) is 2.19. The van der Waals surface area contributed by atoms with Gasteiger partial charge in [0.2, 0.25) is 0 Å². The van der Waals surface area contributed by atoms with Crippen LogP contribution in [0.3, 0.4) is 0 Å². The molecule has 0 N–H and O–H groups in total. The van der Waals surface area contributed by atoms with E-state index in [9.17, 15) is 0 Å².